The smallest absolute Gasteiger partial charge is 0.322 e. The monoisotopic (exact) mass is 455 g/mol. The molecule has 1 fully saturated rings. The summed E-state index contributed by atoms with van der Waals surface area (Å²) >= 11 is 3.28. The van der Waals surface area contributed by atoms with E-state index >= 15 is 0 Å². The highest BCUT2D eigenvalue weighted by Gasteiger charge is 2.49. The molecule has 1 saturated heterocycles. The number of urea groups is 1. The van der Waals surface area contributed by atoms with Crippen LogP contribution in [0.5, 0.6) is 0 Å². The highest BCUT2D eigenvalue weighted by atomic mass is 79.9. The number of anilines is 1. The fraction of sp³-hybridized carbons (Fsp3) is 0.167. The molecule has 3 rings (SSSR count). The first-order chi connectivity index (χ1) is 13.1. The van der Waals surface area contributed by atoms with Crippen LogP contribution >= 0.6 is 15.9 Å². The second kappa shape index (κ2) is 7.27. The lowest BCUT2D eigenvalue weighted by Crippen LogP contribution is -2.42. The minimum absolute atomic E-state index is 0.495. The molecule has 6 nitrogen and oxygen atoms in total. The number of hydrogen-bond donors (Lipinski definition) is 2. The van der Waals surface area contributed by atoms with Gasteiger partial charge in [0.1, 0.15) is 12.1 Å². The summed E-state index contributed by atoms with van der Waals surface area (Å²) in [5.41, 5.74) is -1.51. The van der Waals surface area contributed by atoms with Gasteiger partial charge in [-0.25, -0.2) is 18.0 Å². The van der Waals surface area contributed by atoms with Crippen LogP contribution in [0.3, 0.4) is 0 Å². The molecule has 0 radical (unpaired) electrons. The summed E-state index contributed by atoms with van der Waals surface area (Å²) in [5, 5.41) is 4.54. The Morgan fingerprint density at radius 3 is 2.57 bits per heavy atom. The summed E-state index contributed by atoms with van der Waals surface area (Å²) < 4.78 is 40.6. The Hall–Kier alpha value is -2.88. The van der Waals surface area contributed by atoms with Crippen molar-refractivity contribution < 1.29 is 27.6 Å². The molecule has 0 aliphatic carbocycles. The zero-order valence-corrected chi connectivity index (χ0v) is 15.9. The molecule has 0 unspecified atom stereocenters. The molecular weight excluding hydrogens is 443 g/mol. The maximum Gasteiger partial charge on any atom is 0.325 e. The van der Waals surface area contributed by atoms with Crippen molar-refractivity contribution in [2.24, 2.45) is 0 Å². The van der Waals surface area contributed by atoms with E-state index in [2.05, 4.69) is 21.2 Å². The second-order valence-electron chi connectivity index (χ2n) is 6.23. The van der Waals surface area contributed by atoms with Gasteiger partial charge in [0.05, 0.1) is 5.69 Å². The summed E-state index contributed by atoms with van der Waals surface area (Å²) in [7, 11) is 0. The Morgan fingerprint density at radius 1 is 1.18 bits per heavy atom. The van der Waals surface area contributed by atoms with Crippen molar-refractivity contribution in [1.29, 1.82) is 0 Å². The summed E-state index contributed by atoms with van der Waals surface area (Å²) in [5.74, 6) is -6.36. The van der Waals surface area contributed by atoms with E-state index in [9.17, 15) is 27.6 Å². The summed E-state index contributed by atoms with van der Waals surface area (Å²) in [6.07, 6.45) is 0. The lowest BCUT2D eigenvalue weighted by atomic mass is 9.92. The lowest BCUT2D eigenvalue weighted by Gasteiger charge is -2.22. The van der Waals surface area contributed by atoms with E-state index in [1.807, 2.05) is 5.32 Å². The molecule has 2 N–H and O–H groups in total. The van der Waals surface area contributed by atoms with Crippen molar-refractivity contribution >= 4 is 39.5 Å². The third-order valence-electron chi connectivity index (χ3n) is 4.29. The number of nitrogens with zero attached hydrogens (tertiary/aromatic N) is 1. The fourth-order valence-electron chi connectivity index (χ4n) is 2.79. The molecular formula is C18H13BrF3N3O3. The van der Waals surface area contributed by atoms with Gasteiger partial charge in [0, 0.05) is 4.47 Å². The van der Waals surface area contributed by atoms with E-state index in [4.69, 9.17) is 0 Å². The quantitative estimate of drug-likeness (QED) is 0.548. The van der Waals surface area contributed by atoms with Gasteiger partial charge in [-0.1, -0.05) is 28.1 Å². The van der Waals surface area contributed by atoms with E-state index in [0.717, 1.165) is 6.07 Å². The second-order valence-corrected chi connectivity index (χ2v) is 7.14. The molecule has 1 aliphatic heterocycles. The van der Waals surface area contributed by atoms with Crippen LogP contribution in [-0.2, 0) is 15.1 Å². The topological polar surface area (TPSA) is 78.5 Å². The molecule has 0 aromatic heterocycles. The zero-order valence-electron chi connectivity index (χ0n) is 14.4. The average molecular weight is 456 g/mol. The van der Waals surface area contributed by atoms with Gasteiger partial charge in [0.25, 0.3) is 5.91 Å². The Morgan fingerprint density at radius 2 is 1.89 bits per heavy atom. The standard InChI is InChI=1S/C18H13BrF3N3O3/c1-18(9-3-2-4-10(19)7-9)16(27)25(17(28)24-18)8-13(26)23-12-6-5-11(20)14(21)15(12)22/h2-7H,8H2,1H3,(H,23,26)(H,24,28)/t18-/m0/s1. The van der Waals surface area contributed by atoms with E-state index in [0.29, 0.717) is 21.0 Å². The summed E-state index contributed by atoms with van der Waals surface area (Å²) in [4.78, 5) is 37.8. The van der Waals surface area contributed by atoms with E-state index in [1.165, 1.54) is 6.92 Å². The molecule has 0 spiro atoms. The molecule has 10 heteroatoms. The van der Waals surface area contributed by atoms with E-state index in [-0.39, 0.29) is 0 Å². The van der Waals surface area contributed by atoms with Crippen LogP contribution in [0.2, 0.25) is 0 Å². The van der Waals surface area contributed by atoms with Gasteiger partial charge in [-0.2, -0.15) is 0 Å². The Bertz CT molecular complexity index is 1000. The number of halogens is 4. The van der Waals surface area contributed by atoms with E-state index < -0.39 is 53.1 Å². The molecule has 1 aliphatic rings. The average Bonchev–Trinajstić information content (AvgIpc) is 2.86. The predicted molar refractivity (Wildman–Crippen MR) is 96.7 cm³/mol. The maximum absolute atomic E-state index is 13.7. The molecule has 0 bridgehead atoms. The first-order valence-electron chi connectivity index (χ1n) is 7.97. The molecule has 28 heavy (non-hydrogen) atoms. The number of imide groups is 1. The summed E-state index contributed by atoms with van der Waals surface area (Å²) in [6.45, 7) is 0.759. The number of amides is 4. The van der Waals surface area contributed by atoms with E-state index in [1.54, 1.807) is 24.3 Å². The largest absolute Gasteiger partial charge is 0.325 e. The van der Waals surface area contributed by atoms with Gasteiger partial charge in [0.15, 0.2) is 17.5 Å². The van der Waals surface area contributed by atoms with Crippen molar-refractivity contribution in [1.82, 2.24) is 10.2 Å². The zero-order chi connectivity index (χ0) is 20.6. The minimum Gasteiger partial charge on any atom is -0.322 e. The number of benzene rings is 2. The molecule has 2 aromatic carbocycles. The van der Waals surface area contributed by atoms with Crippen molar-refractivity contribution in [3.63, 3.8) is 0 Å². The molecule has 0 saturated carbocycles. The molecule has 1 atom stereocenters. The molecule has 146 valence electrons. The highest BCUT2D eigenvalue weighted by molar-refractivity contribution is 9.10. The third kappa shape index (κ3) is 3.47. The van der Waals surface area contributed by atoms with Gasteiger partial charge in [-0.05, 0) is 36.8 Å². The van der Waals surface area contributed by atoms with Crippen molar-refractivity contribution in [3.8, 4) is 0 Å². The first-order valence-corrected chi connectivity index (χ1v) is 8.76. The number of carbonyl (C=O) groups is 3. The minimum atomic E-state index is -1.74. The lowest BCUT2D eigenvalue weighted by molar-refractivity contribution is -0.133. The first kappa shape index (κ1) is 19.9. The van der Waals surface area contributed by atoms with Gasteiger partial charge in [-0.15, -0.1) is 0 Å². The molecule has 1 heterocycles. The Balaban J connectivity index is 1.78. The maximum atomic E-state index is 13.7. The fourth-order valence-corrected chi connectivity index (χ4v) is 3.19. The summed E-state index contributed by atoms with van der Waals surface area (Å²) in [6, 6.07) is 7.39. The number of nitrogens with one attached hydrogen (secondary N) is 2. The number of rotatable bonds is 4. The van der Waals surface area contributed by atoms with Crippen molar-refractivity contribution in [2.45, 2.75) is 12.5 Å². The highest BCUT2D eigenvalue weighted by Crippen LogP contribution is 2.30. The Labute approximate surface area is 165 Å². The van der Waals surface area contributed by atoms with Crippen molar-refractivity contribution in [3.05, 3.63) is 63.9 Å². The molecule has 2 aromatic rings. The van der Waals surface area contributed by atoms with Gasteiger partial charge < -0.3 is 10.6 Å². The van der Waals surface area contributed by atoms with Gasteiger partial charge >= 0.3 is 6.03 Å². The normalized spacial score (nSPS) is 19.0. The van der Waals surface area contributed by atoms with Crippen LogP contribution in [0, 0.1) is 17.5 Å². The van der Waals surface area contributed by atoms with Gasteiger partial charge in [-0.3, -0.25) is 14.5 Å². The predicted octanol–water partition coefficient (Wildman–Crippen LogP) is 3.27. The SMILES string of the molecule is C[C@@]1(c2cccc(Br)c2)NC(=O)N(CC(=O)Nc2ccc(F)c(F)c2F)C1=O. The van der Waals surface area contributed by atoms with Crippen LogP contribution in [0.25, 0.3) is 0 Å². The van der Waals surface area contributed by atoms with Crippen LogP contribution in [-0.4, -0.2) is 29.3 Å². The molecule has 4 amide bonds. The Kier molecular flexibility index (Phi) is 5.16. The number of hydrogen-bond acceptors (Lipinski definition) is 3. The van der Waals surface area contributed by atoms with Crippen LogP contribution in [0.4, 0.5) is 23.7 Å². The van der Waals surface area contributed by atoms with Gasteiger partial charge in [0.2, 0.25) is 5.91 Å². The van der Waals surface area contributed by atoms with Crippen LogP contribution in [0.15, 0.2) is 40.9 Å². The number of carbonyl (C=O) groups excluding carboxylic acids is 3. The van der Waals surface area contributed by atoms with Crippen LogP contribution in [0.1, 0.15) is 12.5 Å². The van der Waals surface area contributed by atoms with Crippen molar-refractivity contribution in [2.75, 3.05) is 11.9 Å². The third-order valence-corrected chi connectivity index (χ3v) is 4.78. The van der Waals surface area contributed by atoms with Crippen LogP contribution < -0.4 is 10.6 Å².